The zero-order valence-electron chi connectivity index (χ0n) is 24.1. The maximum Gasteiger partial charge on any atom is 0.305 e. The number of nitrogens with one attached hydrogen (secondary N) is 2. The van der Waals surface area contributed by atoms with Crippen molar-refractivity contribution in [3.8, 4) is 17.2 Å². The molecule has 1 fully saturated rings. The monoisotopic (exact) mass is 631 g/mol. The Bertz CT molecular complexity index is 1800. The summed E-state index contributed by atoms with van der Waals surface area (Å²) in [5.41, 5.74) is 2.83. The van der Waals surface area contributed by atoms with Crippen LogP contribution < -0.4 is 29.3 Å². The van der Waals surface area contributed by atoms with Crippen LogP contribution in [-0.2, 0) is 14.4 Å². The second-order valence-electron chi connectivity index (χ2n) is 10.3. The molecular formula is C32H29N3O7S2. The van der Waals surface area contributed by atoms with Gasteiger partial charge in [-0.15, -0.1) is 0 Å². The molecule has 0 radical (unpaired) electrons. The number of aryl methyl sites for hydroxylation is 1. The minimum Gasteiger partial charge on any atom is -0.497 e. The molecule has 3 heterocycles. The summed E-state index contributed by atoms with van der Waals surface area (Å²) in [6.45, 7) is 3.85. The first-order chi connectivity index (χ1) is 21.3. The van der Waals surface area contributed by atoms with Crippen LogP contribution >= 0.6 is 23.1 Å². The Morgan fingerprint density at radius 1 is 0.977 bits per heavy atom. The summed E-state index contributed by atoms with van der Waals surface area (Å²) in [4.78, 5) is 57.3. The third-order valence-corrected chi connectivity index (χ3v) is 9.84. The molecule has 6 rings (SSSR count). The van der Waals surface area contributed by atoms with Gasteiger partial charge in [0, 0.05) is 16.5 Å². The average molecular weight is 632 g/mol. The highest BCUT2D eigenvalue weighted by atomic mass is 32.2. The summed E-state index contributed by atoms with van der Waals surface area (Å²) in [5.74, 6) is -1.01. The first-order valence-corrected chi connectivity index (χ1v) is 15.6. The van der Waals surface area contributed by atoms with Gasteiger partial charge in [0.05, 0.1) is 30.3 Å². The lowest BCUT2D eigenvalue weighted by molar-refractivity contribution is -0.122. The van der Waals surface area contributed by atoms with Crippen LogP contribution in [0.25, 0.3) is 0 Å². The van der Waals surface area contributed by atoms with E-state index in [2.05, 4.69) is 10.3 Å². The number of nitrogens with zero attached hydrogens (tertiary/aromatic N) is 1. The molecule has 0 saturated carbocycles. The molecule has 0 spiro atoms. The molecule has 10 nitrogen and oxygen atoms in total. The van der Waals surface area contributed by atoms with Crippen molar-refractivity contribution < 1.29 is 28.6 Å². The highest BCUT2D eigenvalue weighted by Gasteiger charge is 2.56. The van der Waals surface area contributed by atoms with Gasteiger partial charge in [-0.1, -0.05) is 41.3 Å². The maximum absolute atomic E-state index is 14.0. The molecule has 226 valence electrons. The smallest absolute Gasteiger partial charge is 0.305 e. The standard InChI is InChI=1S/C32H29N3O7S2/c1-4-41-23-15-18(8-13-22(23)42-16-24(36)33-19-7-5-6-17(2)14-19)25-26-28(43-29-27(25)44-32(39)34-29)31(38)35(30(26)37)20-9-11-21(40-3)12-10-20/h5-15,25-26,28H,4,16H2,1-3H3,(H,33,36)(H,34,39)/t25-,26?,28?/m1/s1. The predicted octanol–water partition coefficient (Wildman–Crippen LogP) is 4.97. The Hall–Kier alpha value is -4.55. The zero-order valence-corrected chi connectivity index (χ0v) is 25.8. The number of aromatic nitrogens is 1. The summed E-state index contributed by atoms with van der Waals surface area (Å²) in [6.07, 6.45) is 0. The number of benzene rings is 3. The highest BCUT2D eigenvalue weighted by molar-refractivity contribution is 8.00. The Labute approximate surface area is 261 Å². The molecule has 0 aliphatic carbocycles. The molecule has 2 aliphatic rings. The number of carbonyl (C=O) groups is 3. The van der Waals surface area contributed by atoms with Crippen LogP contribution in [0, 0.1) is 12.8 Å². The van der Waals surface area contributed by atoms with Crippen molar-refractivity contribution in [1.82, 2.24) is 4.98 Å². The first kappa shape index (κ1) is 29.5. The second kappa shape index (κ2) is 12.2. The number of thioether (sulfide) groups is 1. The van der Waals surface area contributed by atoms with Gasteiger partial charge in [-0.3, -0.25) is 19.2 Å². The van der Waals surface area contributed by atoms with Gasteiger partial charge in [0.15, 0.2) is 18.1 Å². The van der Waals surface area contributed by atoms with Crippen LogP contribution in [-0.4, -0.2) is 48.3 Å². The van der Waals surface area contributed by atoms with Crippen molar-refractivity contribution in [2.45, 2.75) is 30.0 Å². The number of carbonyl (C=O) groups excluding carboxylic acids is 3. The molecule has 3 amide bonds. The number of thiazole rings is 1. The molecule has 2 aliphatic heterocycles. The minimum absolute atomic E-state index is 0.245. The molecule has 44 heavy (non-hydrogen) atoms. The number of aromatic amines is 1. The fourth-order valence-corrected chi connectivity index (χ4v) is 8.05. The molecule has 4 aromatic rings. The summed E-state index contributed by atoms with van der Waals surface area (Å²) in [7, 11) is 1.54. The van der Waals surface area contributed by atoms with Gasteiger partial charge in [-0.2, -0.15) is 0 Å². The van der Waals surface area contributed by atoms with E-state index in [4.69, 9.17) is 14.2 Å². The van der Waals surface area contributed by atoms with E-state index in [0.29, 0.717) is 50.7 Å². The van der Waals surface area contributed by atoms with Gasteiger partial charge in [-0.25, -0.2) is 4.90 Å². The lowest BCUT2D eigenvalue weighted by Gasteiger charge is -2.30. The van der Waals surface area contributed by atoms with Gasteiger partial charge in [0.25, 0.3) is 5.91 Å². The second-order valence-corrected chi connectivity index (χ2v) is 12.5. The van der Waals surface area contributed by atoms with Crippen molar-refractivity contribution in [2.24, 2.45) is 5.92 Å². The van der Waals surface area contributed by atoms with Crippen molar-refractivity contribution in [2.75, 3.05) is 30.5 Å². The Morgan fingerprint density at radius 3 is 2.50 bits per heavy atom. The van der Waals surface area contributed by atoms with E-state index in [1.807, 2.05) is 32.0 Å². The number of hydrogen-bond donors (Lipinski definition) is 2. The zero-order chi connectivity index (χ0) is 31.0. The number of fused-ring (bicyclic) bond motifs is 2. The number of ether oxygens (including phenoxy) is 3. The fraction of sp³-hybridized carbons (Fsp3) is 0.250. The van der Waals surface area contributed by atoms with E-state index in [-0.39, 0.29) is 29.2 Å². The number of methoxy groups -OCH3 is 1. The van der Waals surface area contributed by atoms with Crippen LogP contribution in [0.5, 0.6) is 17.2 Å². The summed E-state index contributed by atoms with van der Waals surface area (Å²) >= 11 is 2.24. The minimum atomic E-state index is -0.755. The predicted molar refractivity (Wildman–Crippen MR) is 168 cm³/mol. The summed E-state index contributed by atoms with van der Waals surface area (Å²) in [6, 6.07) is 19.5. The van der Waals surface area contributed by atoms with E-state index in [0.717, 1.165) is 16.9 Å². The van der Waals surface area contributed by atoms with Crippen molar-refractivity contribution in [1.29, 1.82) is 0 Å². The number of H-pyrrole nitrogens is 1. The third kappa shape index (κ3) is 5.58. The van der Waals surface area contributed by atoms with E-state index in [9.17, 15) is 19.2 Å². The van der Waals surface area contributed by atoms with Crippen LogP contribution in [0.15, 0.2) is 76.6 Å². The molecular weight excluding hydrogens is 603 g/mol. The molecule has 1 aromatic heterocycles. The van der Waals surface area contributed by atoms with E-state index < -0.39 is 17.1 Å². The normalized spacial score (nSPS) is 18.9. The Morgan fingerprint density at radius 2 is 1.77 bits per heavy atom. The summed E-state index contributed by atoms with van der Waals surface area (Å²) in [5, 5.41) is 2.67. The third-order valence-electron chi connectivity index (χ3n) is 7.44. The number of imide groups is 1. The van der Waals surface area contributed by atoms with Crippen LogP contribution in [0.3, 0.4) is 0 Å². The molecule has 2 unspecified atom stereocenters. The Kier molecular flexibility index (Phi) is 8.19. The topological polar surface area (TPSA) is 127 Å². The van der Waals surface area contributed by atoms with Crippen molar-refractivity contribution >= 4 is 52.2 Å². The van der Waals surface area contributed by atoms with Gasteiger partial charge < -0.3 is 24.5 Å². The molecule has 2 N–H and O–H groups in total. The largest absolute Gasteiger partial charge is 0.497 e. The number of amides is 3. The van der Waals surface area contributed by atoms with E-state index in [1.54, 1.807) is 55.6 Å². The quantitative estimate of drug-likeness (QED) is 0.248. The van der Waals surface area contributed by atoms with Crippen LogP contribution in [0.4, 0.5) is 11.4 Å². The highest BCUT2D eigenvalue weighted by Crippen LogP contribution is 2.53. The SMILES string of the molecule is CCOc1cc([C@H]2c3sc(=O)[nH]c3SC3C(=O)N(c4ccc(OC)cc4)C(=O)C32)ccc1OCC(=O)Nc1cccc(C)c1. The number of hydrogen-bond acceptors (Lipinski definition) is 9. The molecule has 12 heteroatoms. The van der Waals surface area contributed by atoms with Gasteiger partial charge in [0.1, 0.15) is 11.0 Å². The van der Waals surface area contributed by atoms with Crippen LogP contribution in [0.1, 0.15) is 28.8 Å². The number of anilines is 2. The lowest BCUT2D eigenvalue weighted by Crippen LogP contribution is -2.32. The van der Waals surface area contributed by atoms with Gasteiger partial charge in [-0.05, 0) is 73.5 Å². The van der Waals surface area contributed by atoms with E-state index in [1.165, 1.54) is 16.7 Å². The summed E-state index contributed by atoms with van der Waals surface area (Å²) < 4.78 is 17.0. The molecule has 0 bridgehead atoms. The average Bonchev–Trinajstić information content (AvgIpc) is 3.50. The molecule has 3 atom stereocenters. The van der Waals surface area contributed by atoms with E-state index >= 15 is 0 Å². The Balaban J connectivity index is 1.31. The molecule has 1 saturated heterocycles. The van der Waals surface area contributed by atoms with Crippen LogP contribution in [0.2, 0.25) is 0 Å². The van der Waals surface area contributed by atoms with Crippen molar-refractivity contribution in [3.63, 3.8) is 0 Å². The fourth-order valence-electron chi connectivity index (χ4n) is 5.53. The first-order valence-electron chi connectivity index (χ1n) is 13.9. The maximum atomic E-state index is 14.0. The van der Waals surface area contributed by atoms with Crippen molar-refractivity contribution in [3.05, 3.63) is 92.4 Å². The number of rotatable bonds is 9. The van der Waals surface area contributed by atoms with Gasteiger partial charge in [0.2, 0.25) is 11.8 Å². The molecule has 3 aromatic carbocycles. The van der Waals surface area contributed by atoms with Gasteiger partial charge >= 0.3 is 4.87 Å². The lowest BCUT2D eigenvalue weighted by atomic mass is 9.83.